The lowest BCUT2D eigenvalue weighted by Crippen LogP contribution is -2.49. The van der Waals surface area contributed by atoms with Crippen LogP contribution in [0.1, 0.15) is 20.3 Å². The Balaban J connectivity index is 1.93. The van der Waals surface area contributed by atoms with Crippen molar-refractivity contribution >= 4 is 0 Å². The summed E-state index contributed by atoms with van der Waals surface area (Å²) in [6.45, 7) is 7.73. The van der Waals surface area contributed by atoms with E-state index >= 15 is 0 Å². The number of rotatable bonds is 3. The maximum absolute atomic E-state index is 6.11. The summed E-state index contributed by atoms with van der Waals surface area (Å²) in [6, 6.07) is 0.692. The third-order valence-corrected chi connectivity index (χ3v) is 4.14. The normalized spacial score (nSPS) is 44.4. The smallest absolute Gasteiger partial charge is 0.0702 e. The number of likely N-dealkylation sites (N-methyl/N-ethyl adjacent to an activating group) is 1. The Labute approximate surface area is 98.1 Å². The van der Waals surface area contributed by atoms with Gasteiger partial charge in [-0.1, -0.05) is 6.92 Å². The first kappa shape index (κ1) is 12.3. The van der Waals surface area contributed by atoms with Crippen molar-refractivity contribution in [2.24, 2.45) is 11.1 Å². The Morgan fingerprint density at radius 3 is 2.75 bits per heavy atom. The summed E-state index contributed by atoms with van der Waals surface area (Å²) in [7, 11) is 2.17. The van der Waals surface area contributed by atoms with Crippen LogP contribution in [-0.4, -0.2) is 56.5 Å². The van der Waals surface area contributed by atoms with Gasteiger partial charge in [0.15, 0.2) is 0 Å². The molecule has 4 heteroatoms. The van der Waals surface area contributed by atoms with E-state index in [4.69, 9.17) is 15.2 Å². The number of hydrogen-bond donors (Lipinski definition) is 1. The Morgan fingerprint density at radius 1 is 1.50 bits per heavy atom. The highest BCUT2D eigenvalue weighted by Gasteiger charge is 2.40. The summed E-state index contributed by atoms with van der Waals surface area (Å²) in [6.07, 6.45) is 1.47. The number of nitrogens with two attached hydrogens (primary N) is 1. The molecule has 0 spiro atoms. The Bertz CT molecular complexity index is 249. The number of ether oxygens (including phenoxy) is 2. The van der Waals surface area contributed by atoms with Gasteiger partial charge < -0.3 is 20.1 Å². The molecule has 94 valence electrons. The first-order chi connectivity index (χ1) is 7.53. The van der Waals surface area contributed by atoms with Gasteiger partial charge in [0.05, 0.1) is 19.3 Å². The monoisotopic (exact) mass is 228 g/mol. The molecule has 4 atom stereocenters. The van der Waals surface area contributed by atoms with E-state index in [-0.39, 0.29) is 11.5 Å². The van der Waals surface area contributed by atoms with Gasteiger partial charge in [0.1, 0.15) is 0 Å². The van der Waals surface area contributed by atoms with Crippen LogP contribution in [0.4, 0.5) is 0 Å². The van der Waals surface area contributed by atoms with Gasteiger partial charge in [0.25, 0.3) is 0 Å². The summed E-state index contributed by atoms with van der Waals surface area (Å²) in [4.78, 5) is 2.40. The summed E-state index contributed by atoms with van der Waals surface area (Å²) >= 11 is 0. The van der Waals surface area contributed by atoms with Crippen molar-refractivity contribution in [3.05, 3.63) is 0 Å². The third-order valence-electron chi connectivity index (χ3n) is 4.14. The predicted molar refractivity (Wildman–Crippen MR) is 63.4 cm³/mol. The van der Waals surface area contributed by atoms with Gasteiger partial charge in [-0.3, -0.25) is 0 Å². The molecule has 2 N–H and O–H groups in total. The molecule has 0 aliphatic carbocycles. The highest BCUT2D eigenvalue weighted by Crippen LogP contribution is 2.30. The summed E-state index contributed by atoms with van der Waals surface area (Å²) in [5, 5.41) is 0. The van der Waals surface area contributed by atoms with Crippen molar-refractivity contribution in [1.82, 2.24) is 4.90 Å². The van der Waals surface area contributed by atoms with Crippen LogP contribution in [0.15, 0.2) is 0 Å². The number of nitrogens with zero attached hydrogens (tertiary/aromatic N) is 1. The van der Waals surface area contributed by atoms with Crippen LogP contribution in [0.3, 0.4) is 0 Å². The molecular weight excluding hydrogens is 204 g/mol. The molecule has 0 saturated carbocycles. The molecule has 2 aliphatic heterocycles. The zero-order valence-electron chi connectivity index (χ0n) is 10.6. The van der Waals surface area contributed by atoms with Crippen molar-refractivity contribution in [2.75, 3.05) is 33.4 Å². The summed E-state index contributed by atoms with van der Waals surface area (Å²) in [5.41, 5.74) is 6.21. The van der Waals surface area contributed by atoms with Gasteiger partial charge in [-0.05, 0) is 20.4 Å². The predicted octanol–water partition coefficient (Wildman–Crippen LogP) is 0.459. The molecule has 0 bridgehead atoms. The van der Waals surface area contributed by atoms with E-state index in [1.165, 1.54) is 0 Å². The zero-order chi connectivity index (χ0) is 11.8. The Hall–Kier alpha value is -0.160. The maximum atomic E-state index is 6.11. The second-order valence-electron chi connectivity index (χ2n) is 5.62. The fraction of sp³-hybridized carbons (Fsp3) is 1.00. The summed E-state index contributed by atoms with van der Waals surface area (Å²) in [5.74, 6) is 0. The van der Waals surface area contributed by atoms with Crippen LogP contribution in [0.25, 0.3) is 0 Å². The third kappa shape index (κ3) is 2.25. The summed E-state index contributed by atoms with van der Waals surface area (Å²) < 4.78 is 11.1. The highest BCUT2D eigenvalue weighted by molar-refractivity contribution is 4.94. The van der Waals surface area contributed by atoms with Gasteiger partial charge in [-0.25, -0.2) is 0 Å². The molecule has 0 aromatic rings. The van der Waals surface area contributed by atoms with E-state index in [1.54, 1.807) is 0 Å². The first-order valence-corrected chi connectivity index (χ1v) is 6.18. The highest BCUT2D eigenvalue weighted by atomic mass is 16.5. The van der Waals surface area contributed by atoms with Gasteiger partial charge in [-0.2, -0.15) is 0 Å². The Kier molecular flexibility index (Phi) is 3.54. The van der Waals surface area contributed by atoms with Gasteiger partial charge >= 0.3 is 0 Å². The molecule has 16 heavy (non-hydrogen) atoms. The molecule has 2 heterocycles. The SMILES string of the molecule is CC1OCCC1N(C)CC1(C)COCC1N. The first-order valence-electron chi connectivity index (χ1n) is 6.18. The molecule has 0 radical (unpaired) electrons. The van der Waals surface area contributed by atoms with E-state index in [0.717, 1.165) is 26.2 Å². The van der Waals surface area contributed by atoms with Crippen molar-refractivity contribution in [2.45, 2.75) is 38.5 Å². The lowest BCUT2D eigenvalue weighted by Gasteiger charge is -2.36. The minimum Gasteiger partial charge on any atom is -0.379 e. The van der Waals surface area contributed by atoms with Crippen LogP contribution in [0.2, 0.25) is 0 Å². The number of hydrogen-bond acceptors (Lipinski definition) is 4. The topological polar surface area (TPSA) is 47.7 Å². The van der Waals surface area contributed by atoms with Crippen molar-refractivity contribution in [3.63, 3.8) is 0 Å². The van der Waals surface area contributed by atoms with Gasteiger partial charge in [0, 0.05) is 30.7 Å². The molecule has 4 nitrogen and oxygen atoms in total. The molecule has 2 saturated heterocycles. The molecule has 0 aromatic carbocycles. The lowest BCUT2D eigenvalue weighted by atomic mass is 9.85. The van der Waals surface area contributed by atoms with Gasteiger partial charge in [0.2, 0.25) is 0 Å². The van der Waals surface area contributed by atoms with Crippen molar-refractivity contribution in [1.29, 1.82) is 0 Å². The van der Waals surface area contributed by atoms with E-state index in [1.807, 2.05) is 0 Å². The van der Waals surface area contributed by atoms with E-state index in [2.05, 4.69) is 25.8 Å². The van der Waals surface area contributed by atoms with Crippen LogP contribution >= 0.6 is 0 Å². The van der Waals surface area contributed by atoms with Crippen LogP contribution in [-0.2, 0) is 9.47 Å². The van der Waals surface area contributed by atoms with Crippen molar-refractivity contribution in [3.8, 4) is 0 Å². The van der Waals surface area contributed by atoms with E-state index in [9.17, 15) is 0 Å². The molecule has 0 amide bonds. The second kappa shape index (κ2) is 4.61. The molecule has 2 aliphatic rings. The van der Waals surface area contributed by atoms with Crippen LogP contribution in [0.5, 0.6) is 0 Å². The van der Waals surface area contributed by atoms with Crippen LogP contribution in [0, 0.1) is 5.41 Å². The Morgan fingerprint density at radius 2 is 2.25 bits per heavy atom. The van der Waals surface area contributed by atoms with Crippen molar-refractivity contribution < 1.29 is 9.47 Å². The molecule has 2 fully saturated rings. The molecular formula is C12H24N2O2. The molecule has 0 aromatic heterocycles. The van der Waals surface area contributed by atoms with Crippen LogP contribution < -0.4 is 5.73 Å². The quantitative estimate of drug-likeness (QED) is 0.762. The van der Waals surface area contributed by atoms with E-state index < -0.39 is 0 Å². The standard InChI is InChI=1S/C12H24N2O2/c1-9-10(4-5-16-9)14(3)7-12(2)8-15-6-11(12)13/h9-11H,4-8,13H2,1-3H3. The maximum Gasteiger partial charge on any atom is 0.0702 e. The molecule has 2 rings (SSSR count). The largest absolute Gasteiger partial charge is 0.379 e. The lowest BCUT2D eigenvalue weighted by molar-refractivity contribution is 0.0600. The minimum absolute atomic E-state index is 0.0943. The van der Waals surface area contributed by atoms with Gasteiger partial charge in [-0.15, -0.1) is 0 Å². The fourth-order valence-electron chi connectivity index (χ4n) is 2.88. The molecule has 4 unspecified atom stereocenters. The fourth-order valence-corrected chi connectivity index (χ4v) is 2.88. The zero-order valence-corrected chi connectivity index (χ0v) is 10.6. The average Bonchev–Trinajstić information content (AvgIpc) is 2.75. The minimum atomic E-state index is 0.0943. The van der Waals surface area contributed by atoms with E-state index in [0.29, 0.717) is 18.8 Å². The second-order valence-corrected chi connectivity index (χ2v) is 5.62. The average molecular weight is 228 g/mol.